The Morgan fingerprint density at radius 1 is 1.33 bits per heavy atom. The van der Waals surface area contributed by atoms with Crippen LogP contribution in [0.2, 0.25) is 0 Å². The normalized spacial score (nSPS) is 14.9. The Labute approximate surface area is 128 Å². The lowest BCUT2D eigenvalue weighted by atomic mass is 10.2. The van der Waals surface area contributed by atoms with Crippen LogP contribution >= 0.6 is 11.3 Å². The van der Waals surface area contributed by atoms with Gasteiger partial charge in [-0.25, -0.2) is 4.98 Å². The maximum absolute atomic E-state index is 4.58. The second-order valence-corrected chi connectivity index (χ2v) is 6.54. The average Bonchev–Trinajstić information content (AvgIpc) is 3.08. The number of fused-ring (bicyclic) bond motifs is 1. The van der Waals surface area contributed by atoms with E-state index < -0.39 is 0 Å². The number of aryl methyl sites for hydroxylation is 2. The van der Waals surface area contributed by atoms with Gasteiger partial charge in [-0.3, -0.25) is 0 Å². The molecule has 1 saturated carbocycles. The van der Waals surface area contributed by atoms with Gasteiger partial charge in [0.25, 0.3) is 0 Å². The monoisotopic (exact) mass is 297 g/mol. The van der Waals surface area contributed by atoms with E-state index in [9.17, 15) is 0 Å². The van der Waals surface area contributed by atoms with Gasteiger partial charge in [-0.2, -0.15) is 11.3 Å². The van der Waals surface area contributed by atoms with Gasteiger partial charge in [0.05, 0.1) is 0 Å². The topological polar surface area (TPSA) is 29.9 Å². The zero-order valence-electron chi connectivity index (χ0n) is 12.0. The summed E-state index contributed by atoms with van der Waals surface area (Å²) in [6.45, 7) is 1.95. The molecule has 0 radical (unpaired) electrons. The molecule has 1 fully saturated rings. The first-order valence-electron chi connectivity index (χ1n) is 7.57. The lowest BCUT2D eigenvalue weighted by Gasteiger charge is -2.03. The van der Waals surface area contributed by atoms with E-state index >= 15 is 0 Å². The van der Waals surface area contributed by atoms with Crippen LogP contribution in [0.5, 0.6) is 0 Å². The van der Waals surface area contributed by atoms with Crippen LogP contribution in [0, 0.1) is 0 Å². The van der Waals surface area contributed by atoms with Crippen LogP contribution in [-0.4, -0.2) is 15.6 Å². The molecule has 0 amide bonds. The predicted molar refractivity (Wildman–Crippen MR) is 87.6 cm³/mol. The molecule has 0 unspecified atom stereocenters. The largest absolute Gasteiger partial charge is 0.332 e. The number of rotatable bonds is 6. The Balaban J connectivity index is 1.58. The van der Waals surface area contributed by atoms with Crippen LogP contribution in [0.1, 0.15) is 24.0 Å². The summed E-state index contributed by atoms with van der Waals surface area (Å²) in [7, 11) is 0. The zero-order chi connectivity index (χ0) is 14.1. The van der Waals surface area contributed by atoms with E-state index in [0.717, 1.165) is 31.2 Å². The fourth-order valence-corrected chi connectivity index (χ4v) is 3.44. The molecular weight excluding hydrogens is 278 g/mol. The molecule has 21 heavy (non-hydrogen) atoms. The number of thiophene rings is 1. The maximum atomic E-state index is 4.58. The number of aromatic nitrogens is 2. The molecule has 4 heteroatoms. The van der Waals surface area contributed by atoms with Crippen molar-refractivity contribution in [3.05, 3.63) is 52.5 Å². The van der Waals surface area contributed by atoms with Crippen LogP contribution in [-0.2, 0) is 19.5 Å². The molecule has 0 spiro atoms. The Morgan fingerprint density at radius 2 is 2.29 bits per heavy atom. The van der Waals surface area contributed by atoms with Crippen molar-refractivity contribution in [1.82, 2.24) is 14.9 Å². The van der Waals surface area contributed by atoms with Crippen molar-refractivity contribution < 1.29 is 0 Å². The van der Waals surface area contributed by atoms with Gasteiger partial charge in [-0.1, -0.05) is 0 Å². The van der Waals surface area contributed by atoms with Gasteiger partial charge in [0.1, 0.15) is 5.65 Å². The minimum Gasteiger partial charge on any atom is -0.332 e. The summed E-state index contributed by atoms with van der Waals surface area (Å²) in [5.41, 5.74) is 3.89. The molecule has 4 rings (SSSR count). The highest BCUT2D eigenvalue weighted by atomic mass is 32.1. The number of hydrogen-bond acceptors (Lipinski definition) is 3. The van der Waals surface area contributed by atoms with Gasteiger partial charge in [0.15, 0.2) is 0 Å². The summed E-state index contributed by atoms with van der Waals surface area (Å²) in [4.78, 5) is 4.58. The van der Waals surface area contributed by atoms with Crippen LogP contribution < -0.4 is 5.32 Å². The van der Waals surface area contributed by atoms with E-state index in [4.69, 9.17) is 0 Å². The van der Waals surface area contributed by atoms with Crippen LogP contribution in [0.15, 0.2) is 41.4 Å². The second kappa shape index (κ2) is 5.62. The summed E-state index contributed by atoms with van der Waals surface area (Å²) in [5.74, 6) is 0. The fourth-order valence-electron chi connectivity index (χ4n) is 2.73. The zero-order valence-corrected chi connectivity index (χ0v) is 12.8. The molecule has 1 aliphatic rings. The van der Waals surface area contributed by atoms with Crippen LogP contribution in [0.25, 0.3) is 11.0 Å². The number of hydrogen-bond donors (Lipinski definition) is 1. The quantitative estimate of drug-likeness (QED) is 0.753. The van der Waals surface area contributed by atoms with E-state index in [1.807, 2.05) is 12.3 Å². The standard InChI is InChI=1S/C17H19N3S/c1-2-16-14(10-19-15-3-4-15)11-20(17(16)18-7-1)8-5-13-6-9-21-12-13/h1-2,6-7,9,11-12,15,19H,3-5,8,10H2. The van der Waals surface area contributed by atoms with Crippen LogP contribution in [0.4, 0.5) is 0 Å². The summed E-state index contributed by atoms with van der Waals surface area (Å²) in [6.07, 6.45) is 7.89. The van der Waals surface area contributed by atoms with Crippen molar-refractivity contribution in [3.8, 4) is 0 Å². The Kier molecular flexibility index (Phi) is 3.49. The SMILES string of the molecule is c1cnc2c(c1)c(CNC1CC1)cn2CCc1ccsc1. The molecule has 3 nitrogen and oxygen atoms in total. The Hall–Kier alpha value is -1.65. The Bertz CT molecular complexity index is 726. The van der Waals surface area contributed by atoms with E-state index in [1.165, 1.54) is 29.4 Å². The van der Waals surface area contributed by atoms with Crippen LogP contribution in [0.3, 0.4) is 0 Å². The number of nitrogens with one attached hydrogen (secondary N) is 1. The summed E-state index contributed by atoms with van der Waals surface area (Å²) >= 11 is 1.77. The van der Waals surface area contributed by atoms with Crippen molar-refractivity contribution in [1.29, 1.82) is 0 Å². The number of nitrogens with zero attached hydrogens (tertiary/aromatic N) is 2. The van der Waals surface area contributed by atoms with Crippen molar-refractivity contribution in [2.45, 2.75) is 38.4 Å². The Morgan fingerprint density at radius 3 is 3.10 bits per heavy atom. The minimum atomic E-state index is 0.742. The molecular formula is C17H19N3S. The summed E-state index contributed by atoms with van der Waals surface area (Å²) < 4.78 is 2.30. The third-order valence-corrected chi connectivity index (χ3v) is 4.83. The van der Waals surface area contributed by atoms with E-state index in [1.54, 1.807) is 11.3 Å². The molecule has 3 heterocycles. The first kappa shape index (κ1) is 13.0. The van der Waals surface area contributed by atoms with Gasteiger partial charge in [-0.05, 0) is 59.3 Å². The average molecular weight is 297 g/mol. The molecule has 3 aromatic rings. The molecule has 0 saturated heterocycles. The lowest BCUT2D eigenvalue weighted by Crippen LogP contribution is -2.14. The molecule has 3 aromatic heterocycles. The molecule has 0 bridgehead atoms. The smallest absolute Gasteiger partial charge is 0.140 e. The highest BCUT2D eigenvalue weighted by molar-refractivity contribution is 7.07. The maximum Gasteiger partial charge on any atom is 0.140 e. The fraction of sp³-hybridized carbons (Fsp3) is 0.353. The lowest BCUT2D eigenvalue weighted by molar-refractivity contribution is 0.678. The third kappa shape index (κ3) is 2.87. The van der Waals surface area contributed by atoms with E-state index in [0.29, 0.717) is 0 Å². The van der Waals surface area contributed by atoms with Crippen molar-refractivity contribution in [2.24, 2.45) is 0 Å². The third-order valence-electron chi connectivity index (χ3n) is 4.10. The first-order valence-corrected chi connectivity index (χ1v) is 8.51. The van der Waals surface area contributed by atoms with Gasteiger partial charge < -0.3 is 9.88 Å². The molecule has 0 aromatic carbocycles. The molecule has 108 valence electrons. The molecule has 1 N–H and O–H groups in total. The summed E-state index contributed by atoms with van der Waals surface area (Å²) in [6, 6.07) is 7.17. The van der Waals surface area contributed by atoms with E-state index in [2.05, 4.69) is 44.0 Å². The van der Waals surface area contributed by atoms with Crippen molar-refractivity contribution in [3.63, 3.8) is 0 Å². The minimum absolute atomic E-state index is 0.742. The van der Waals surface area contributed by atoms with Gasteiger partial charge >= 0.3 is 0 Å². The van der Waals surface area contributed by atoms with Gasteiger partial charge in [-0.15, -0.1) is 0 Å². The first-order chi connectivity index (χ1) is 10.4. The highest BCUT2D eigenvalue weighted by Crippen LogP contribution is 2.23. The highest BCUT2D eigenvalue weighted by Gasteiger charge is 2.21. The van der Waals surface area contributed by atoms with E-state index in [-0.39, 0.29) is 0 Å². The second-order valence-electron chi connectivity index (χ2n) is 5.76. The van der Waals surface area contributed by atoms with Gasteiger partial charge in [0.2, 0.25) is 0 Å². The van der Waals surface area contributed by atoms with Crippen molar-refractivity contribution >= 4 is 22.4 Å². The summed E-state index contributed by atoms with van der Waals surface area (Å²) in [5, 5.41) is 9.27. The molecule has 0 atom stereocenters. The van der Waals surface area contributed by atoms with Gasteiger partial charge in [0, 0.05) is 36.9 Å². The number of pyridine rings is 1. The molecule has 0 aliphatic heterocycles. The van der Waals surface area contributed by atoms with Crippen molar-refractivity contribution in [2.75, 3.05) is 0 Å². The predicted octanol–water partition coefficient (Wildman–Crippen LogP) is 3.59. The molecule has 1 aliphatic carbocycles.